The van der Waals surface area contributed by atoms with Crippen LogP contribution in [0, 0.1) is 5.92 Å². The van der Waals surface area contributed by atoms with Crippen molar-refractivity contribution in [1.82, 2.24) is 5.32 Å². The molecule has 1 atom stereocenters. The standard InChI is InChI=1S/C12H24N2O2/c1-9(2)7-11(13)12(15)14-5-6-16-8-10(3)4/h9,11H,3,5-8,13H2,1-2,4H3,(H,14,15). The normalized spacial score (nSPS) is 12.6. The number of nitrogens with two attached hydrogens (primary N) is 1. The molecule has 0 fully saturated rings. The molecule has 0 aromatic carbocycles. The molecule has 1 amide bonds. The van der Waals surface area contributed by atoms with Gasteiger partial charge in [0.05, 0.1) is 19.3 Å². The molecule has 0 heterocycles. The number of hydrogen-bond donors (Lipinski definition) is 2. The summed E-state index contributed by atoms with van der Waals surface area (Å²) in [6, 6.07) is -0.416. The predicted molar refractivity (Wildman–Crippen MR) is 66.1 cm³/mol. The van der Waals surface area contributed by atoms with E-state index in [1.165, 1.54) is 0 Å². The van der Waals surface area contributed by atoms with Crippen molar-refractivity contribution < 1.29 is 9.53 Å². The van der Waals surface area contributed by atoms with Crippen LogP contribution >= 0.6 is 0 Å². The van der Waals surface area contributed by atoms with Gasteiger partial charge in [0.2, 0.25) is 5.91 Å². The number of nitrogens with one attached hydrogen (secondary N) is 1. The largest absolute Gasteiger partial charge is 0.375 e. The monoisotopic (exact) mass is 228 g/mol. The third kappa shape index (κ3) is 8.44. The molecule has 0 saturated carbocycles. The SMILES string of the molecule is C=C(C)COCCNC(=O)C(N)CC(C)C. The van der Waals surface area contributed by atoms with E-state index in [1.807, 2.05) is 20.8 Å². The summed E-state index contributed by atoms with van der Waals surface area (Å²) < 4.78 is 5.25. The van der Waals surface area contributed by atoms with Crippen LogP contribution in [0.2, 0.25) is 0 Å². The van der Waals surface area contributed by atoms with Gasteiger partial charge < -0.3 is 15.8 Å². The summed E-state index contributed by atoms with van der Waals surface area (Å²) in [7, 11) is 0. The number of ether oxygens (including phenoxy) is 1. The van der Waals surface area contributed by atoms with Gasteiger partial charge in [0, 0.05) is 6.54 Å². The van der Waals surface area contributed by atoms with Crippen LogP contribution in [0.4, 0.5) is 0 Å². The maximum Gasteiger partial charge on any atom is 0.237 e. The van der Waals surface area contributed by atoms with Crippen LogP contribution in [-0.2, 0) is 9.53 Å². The van der Waals surface area contributed by atoms with Crippen molar-refractivity contribution in [2.45, 2.75) is 33.2 Å². The molecule has 0 aliphatic carbocycles. The lowest BCUT2D eigenvalue weighted by Gasteiger charge is -2.14. The van der Waals surface area contributed by atoms with Crippen LogP contribution in [-0.4, -0.2) is 31.7 Å². The topological polar surface area (TPSA) is 64.3 Å². The Morgan fingerprint density at radius 3 is 2.62 bits per heavy atom. The molecule has 94 valence electrons. The fourth-order valence-corrected chi connectivity index (χ4v) is 1.24. The minimum absolute atomic E-state index is 0.104. The second-order valence-corrected chi connectivity index (χ2v) is 4.54. The molecular formula is C12H24N2O2. The molecule has 0 saturated heterocycles. The quantitative estimate of drug-likeness (QED) is 0.482. The van der Waals surface area contributed by atoms with Gasteiger partial charge in [0.15, 0.2) is 0 Å². The highest BCUT2D eigenvalue weighted by Gasteiger charge is 2.13. The molecule has 0 aromatic heterocycles. The Hall–Kier alpha value is -0.870. The molecule has 4 heteroatoms. The molecule has 0 radical (unpaired) electrons. The lowest BCUT2D eigenvalue weighted by molar-refractivity contribution is -0.122. The van der Waals surface area contributed by atoms with Crippen molar-refractivity contribution in [2.24, 2.45) is 11.7 Å². The predicted octanol–water partition coefficient (Wildman–Crippen LogP) is 1.07. The van der Waals surface area contributed by atoms with Crippen molar-refractivity contribution in [3.63, 3.8) is 0 Å². The van der Waals surface area contributed by atoms with Crippen LogP contribution in [0.1, 0.15) is 27.2 Å². The van der Waals surface area contributed by atoms with E-state index >= 15 is 0 Å². The maximum atomic E-state index is 11.5. The smallest absolute Gasteiger partial charge is 0.237 e. The first kappa shape index (κ1) is 15.1. The van der Waals surface area contributed by atoms with Crippen LogP contribution < -0.4 is 11.1 Å². The Morgan fingerprint density at radius 2 is 2.12 bits per heavy atom. The molecule has 4 nitrogen and oxygen atoms in total. The Kier molecular flexibility index (Phi) is 7.85. The van der Waals surface area contributed by atoms with Gasteiger partial charge >= 0.3 is 0 Å². The van der Waals surface area contributed by atoms with E-state index in [0.29, 0.717) is 32.1 Å². The molecule has 0 aliphatic heterocycles. The van der Waals surface area contributed by atoms with E-state index in [9.17, 15) is 4.79 Å². The van der Waals surface area contributed by atoms with E-state index < -0.39 is 6.04 Å². The molecular weight excluding hydrogens is 204 g/mol. The molecule has 0 bridgehead atoms. The minimum Gasteiger partial charge on any atom is -0.375 e. The van der Waals surface area contributed by atoms with Crippen LogP contribution in [0.3, 0.4) is 0 Å². The first-order chi connectivity index (χ1) is 7.43. The maximum absolute atomic E-state index is 11.5. The van der Waals surface area contributed by atoms with Gasteiger partial charge in [-0.2, -0.15) is 0 Å². The van der Waals surface area contributed by atoms with E-state index in [4.69, 9.17) is 10.5 Å². The Labute approximate surface area is 98.2 Å². The van der Waals surface area contributed by atoms with Crippen molar-refractivity contribution in [1.29, 1.82) is 0 Å². The highest BCUT2D eigenvalue weighted by molar-refractivity contribution is 5.81. The summed E-state index contributed by atoms with van der Waals surface area (Å²) in [6.45, 7) is 11.2. The average molecular weight is 228 g/mol. The summed E-state index contributed by atoms with van der Waals surface area (Å²) in [5.41, 5.74) is 6.69. The zero-order valence-electron chi connectivity index (χ0n) is 10.6. The third-order valence-corrected chi connectivity index (χ3v) is 1.96. The molecule has 0 aliphatic rings. The molecule has 0 spiro atoms. The fraction of sp³-hybridized carbons (Fsp3) is 0.750. The highest BCUT2D eigenvalue weighted by Crippen LogP contribution is 2.02. The Morgan fingerprint density at radius 1 is 1.50 bits per heavy atom. The van der Waals surface area contributed by atoms with Crippen molar-refractivity contribution in [3.8, 4) is 0 Å². The second-order valence-electron chi connectivity index (χ2n) is 4.54. The van der Waals surface area contributed by atoms with Gasteiger partial charge in [-0.25, -0.2) is 0 Å². The molecule has 0 rings (SSSR count). The first-order valence-electron chi connectivity index (χ1n) is 5.69. The van der Waals surface area contributed by atoms with Crippen LogP contribution in [0.15, 0.2) is 12.2 Å². The summed E-state index contributed by atoms with van der Waals surface area (Å²) in [5.74, 6) is 0.327. The summed E-state index contributed by atoms with van der Waals surface area (Å²) in [4.78, 5) is 11.5. The van der Waals surface area contributed by atoms with Gasteiger partial charge in [0.25, 0.3) is 0 Å². The zero-order chi connectivity index (χ0) is 12.6. The Bertz CT molecular complexity index is 227. The number of rotatable bonds is 8. The van der Waals surface area contributed by atoms with Gasteiger partial charge in [-0.3, -0.25) is 4.79 Å². The van der Waals surface area contributed by atoms with Crippen LogP contribution in [0.5, 0.6) is 0 Å². The van der Waals surface area contributed by atoms with Gasteiger partial charge in [0.1, 0.15) is 0 Å². The number of carbonyl (C=O) groups excluding carboxylic acids is 1. The van der Waals surface area contributed by atoms with Crippen molar-refractivity contribution in [3.05, 3.63) is 12.2 Å². The van der Waals surface area contributed by atoms with E-state index in [0.717, 1.165) is 5.57 Å². The number of carbonyl (C=O) groups is 1. The number of amides is 1. The first-order valence-corrected chi connectivity index (χ1v) is 5.69. The molecule has 16 heavy (non-hydrogen) atoms. The van der Waals surface area contributed by atoms with E-state index in [2.05, 4.69) is 11.9 Å². The van der Waals surface area contributed by atoms with Crippen molar-refractivity contribution in [2.75, 3.05) is 19.8 Å². The summed E-state index contributed by atoms with van der Waals surface area (Å²) >= 11 is 0. The summed E-state index contributed by atoms with van der Waals surface area (Å²) in [6.07, 6.45) is 0.707. The second kappa shape index (κ2) is 8.30. The van der Waals surface area contributed by atoms with Gasteiger partial charge in [-0.15, -0.1) is 0 Å². The lowest BCUT2D eigenvalue weighted by atomic mass is 10.0. The minimum atomic E-state index is -0.416. The Balaban J connectivity index is 3.53. The number of hydrogen-bond acceptors (Lipinski definition) is 3. The lowest BCUT2D eigenvalue weighted by Crippen LogP contribution is -2.42. The van der Waals surface area contributed by atoms with Crippen LogP contribution in [0.25, 0.3) is 0 Å². The van der Waals surface area contributed by atoms with E-state index in [-0.39, 0.29) is 5.91 Å². The third-order valence-electron chi connectivity index (χ3n) is 1.96. The van der Waals surface area contributed by atoms with Crippen molar-refractivity contribution >= 4 is 5.91 Å². The van der Waals surface area contributed by atoms with Gasteiger partial charge in [-0.1, -0.05) is 26.0 Å². The highest BCUT2D eigenvalue weighted by atomic mass is 16.5. The average Bonchev–Trinajstić information content (AvgIpc) is 2.15. The fourth-order valence-electron chi connectivity index (χ4n) is 1.24. The summed E-state index contributed by atoms with van der Waals surface area (Å²) in [5, 5.41) is 2.74. The van der Waals surface area contributed by atoms with Gasteiger partial charge in [-0.05, 0) is 19.3 Å². The molecule has 0 aromatic rings. The van der Waals surface area contributed by atoms with E-state index in [1.54, 1.807) is 0 Å². The zero-order valence-corrected chi connectivity index (χ0v) is 10.6. The molecule has 3 N–H and O–H groups in total. The molecule has 1 unspecified atom stereocenters.